The number of amides is 2. The van der Waals surface area contributed by atoms with Crippen molar-refractivity contribution in [2.45, 2.75) is 45.7 Å². The summed E-state index contributed by atoms with van der Waals surface area (Å²) in [5, 5.41) is 2.45. The topological polar surface area (TPSA) is 67.9 Å². The molecule has 0 saturated carbocycles. The average molecular weight is 376 g/mol. The summed E-state index contributed by atoms with van der Waals surface area (Å²) in [6.07, 6.45) is -5.47. The first kappa shape index (κ1) is 21.6. The summed E-state index contributed by atoms with van der Waals surface area (Å²) in [5.74, 6) is -0.700. The van der Waals surface area contributed by atoms with Crippen molar-refractivity contribution >= 4 is 12.0 Å². The van der Waals surface area contributed by atoms with Crippen LogP contribution in [0.3, 0.4) is 0 Å². The molecule has 6 nitrogen and oxygen atoms in total. The molecule has 1 aromatic rings. The Morgan fingerprint density at radius 2 is 1.77 bits per heavy atom. The highest BCUT2D eigenvalue weighted by atomic mass is 19.4. The second-order valence-electron chi connectivity index (χ2n) is 6.58. The van der Waals surface area contributed by atoms with Crippen molar-refractivity contribution in [2.24, 2.45) is 0 Å². The molecule has 0 aliphatic heterocycles. The summed E-state index contributed by atoms with van der Waals surface area (Å²) in [7, 11) is 1.46. The number of hydrogen-bond donors (Lipinski definition) is 1. The van der Waals surface area contributed by atoms with E-state index in [9.17, 15) is 22.8 Å². The monoisotopic (exact) mass is 376 g/mol. The van der Waals surface area contributed by atoms with E-state index in [1.54, 1.807) is 26.8 Å². The van der Waals surface area contributed by atoms with E-state index in [1.165, 1.54) is 30.1 Å². The fourth-order valence-electron chi connectivity index (χ4n) is 1.98. The van der Waals surface area contributed by atoms with Gasteiger partial charge in [-0.05, 0) is 26.8 Å². The van der Waals surface area contributed by atoms with E-state index in [0.717, 1.165) is 0 Å². The van der Waals surface area contributed by atoms with E-state index in [0.29, 0.717) is 0 Å². The Kier molecular flexibility index (Phi) is 7.29. The maximum atomic E-state index is 12.4. The number of alkyl carbamates (subject to hydrolysis) is 1. The van der Waals surface area contributed by atoms with Gasteiger partial charge in [-0.3, -0.25) is 4.79 Å². The molecule has 1 aromatic carbocycles. The summed E-state index contributed by atoms with van der Waals surface area (Å²) in [4.78, 5) is 24.8. The van der Waals surface area contributed by atoms with Crippen LogP contribution in [0.2, 0.25) is 0 Å². The molecule has 1 N–H and O–H groups in total. The first-order valence-corrected chi connectivity index (χ1v) is 7.92. The highest BCUT2D eigenvalue weighted by Gasteiger charge is 2.32. The molecule has 0 unspecified atom stereocenters. The van der Waals surface area contributed by atoms with E-state index in [1.807, 2.05) is 0 Å². The van der Waals surface area contributed by atoms with E-state index in [2.05, 4.69) is 10.1 Å². The lowest BCUT2D eigenvalue weighted by molar-refractivity contribution is -0.275. The maximum Gasteiger partial charge on any atom is 0.573 e. The molecule has 0 bridgehead atoms. The van der Waals surface area contributed by atoms with Gasteiger partial charge < -0.3 is 19.7 Å². The van der Waals surface area contributed by atoms with E-state index < -0.39 is 18.1 Å². The first-order chi connectivity index (χ1) is 11.9. The van der Waals surface area contributed by atoms with Crippen LogP contribution in [-0.4, -0.2) is 42.5 Å². The predicted molar refractivity (Wildman–Crippen MR) is 88.5 cm³/mol. The van der Waals surface area contributed by atoms with Crippen molar-refractivity contribution < 1.29 is 32.2 Å². The van der Waals surface area contributed by atoms with Crippen LogP contribution in [0, 0.1) is 0 Å². The van der Waals surface area contributed by atoms with Gasteiger partial charge in [0.2, 0.25) is 5.91 Å². The van der Waals surface area contributed by atoms with Gasteiger partial charge in [0.15, 0.2) is 0 Å². The number of halogens is 3. The molecule has 0 fully saturated rings. The number of hydrogen-bond acceptors (Lipinski definition) is 4. The zero-order valence-electron chi connectivity index (χ0n) is 15.1. The zero-order valence-corrected chi connectivity index (χ0v) is 15.1. The number of alkyl halides is 3. The third-order valence-electron chi connectivity index (χ3n) is 3.04. The summed E-state index contributed by atoms with van der Waals surface area (Å²) >= 11 is 0. The molecule has 0 aliphatic rings. The summed E-state index contributed by atoms with van der Waals surface area (Å²) in [6.45, 7) is 5.14. The SMILES string of the molecule is CN(Cc1ccccc1OC(F)(F)F)C(=O)CCNC(=O)OC(C)(C)C. The number of rotatable bonds is 6. The minimum atomic E-state index is -4.81. The third kappa shape index (κ3) is 8.59. The van der Waals surface area contributed by atoms with Gasteiger partial charge in [-0.1, -0.05) is 18.2 Å². The Bertz CT molecular complexity index is 627. The van der Waals surface area contributed by atoms with E-state index in [-0.39, 0.29) is 36.7 Å². The maximum absolute atomic E-state index is 12.4. The number of carbonyl (C=O) groups excluding carboxylic acids is 2. The van der Waals surface area contributed by atoms with Crippen molar-refractivity contribution in [3.63, 3.8) is 0 Å². The number of para-hydroxylation sites is 1. The Morgan fingerprint density at radius 3 is 2.35 bits per heavy atom. The Hall–Kier alpha value is -2.45. The van der Waals surface area contributed by atoms with Crippen LogP contribution in [0.15, 0.2) is 24.3 Å². The van der Waals surface area contributed by atoms with Crippen molar-refractivity contribution in [2.75, 3.05) is 13.6 Å². The minimum absolute atomic E-state index is 0.0158. The Balaban J connectivity index is 2.54. The summed E-state index contributed by atoms with van der Waals surface area (Å²) in [6, 6.07) is 5.60. The molecule has 0 aliphatic carbocycles. The van der Waals surface area contributed by atoms with E-state index >= 15 is 0 Å². The third-order valence-corrected chi connectivity index (χ3v) is 3.04. The fraction of sp³-hybridized carbons (Fsp3) is 0.529. The van der Waals surface area contributed by atoms with Crippen molar-refractivity contribution in [1.29, 1.82) is 0 Å². The van der Waals surface area contributed by atoms with Crippen LogP contribution in [0.5, 0.6) is 5.75 Å². The normalized spacial score (nSPS) is 11.7. The molecule has 1 rings (SSSR count). The molecule has 2 amide bonds. The highest BCUT2D eigenvalue weighted by Crippen LogP contribution is 2.27. The standard InChI is InChI=1S/C17H23F3N2O4/c1-16(2,3)26-15(24)21-10-9-14(23)22(4)11-12-7-5-6-8-13(12)25-17(18,19)20/h5-8H,9-11H2,1-4H3,(H,21,24). The van der Waals surface area contributed by atoms with Crippen molar-refractivity contribution in [3.05, 3.63) is 29.8 Å². The molecule has 9 heteroatoms. The predicted octanol–water partition coefficient (Wildman–Crippen LogP) is 3.46. The molecule has 0 atom stereocenters. The number of nitrogens with zero attached hydrogens (tertiary/aromatic N) is 1. The largest absolute Gasteiger partial charge is 0.573 e. The second kappa shape index (κ2) is 8.77. The van der Waals surface area contributed by atoms with Crippen LogP contribution in [0.4, 0.5) is 18.0 Å². The van der Waals surface area contributed by atoms with E-state index in [4.69, 9.17) is 4.74 Å². The number of nitrogens with one attached hydrogen (secondary N) is 1. The molecular formula is C17H23F3N2O4. The molecule has 0 radical (unpaired) electrons. The lowest BCUT2D eigenvalue weighted by atomic mass is 10.2. The smallest absolute Gasteiger partial charge is 0.444 e. The van der Waals surface area contributed by atoms with Crippen LogP contribution < -0.4 is 10.1 Å². The van der Waals surface area contributed by atoms with Gasteiger partial charge in [0.25, 0.3) is 0 Å². The van der Waals surface area contributed by atoms with Gasteiger partial charge in [0.1, 0.15) is 11.4 Å². The van der Waals surface area contributed by atoms with Gasteiger partial charge >= 0.3 is 12.5 Å². The van der Waals surface area contributed by atoms with Gasteiger partial charge in [-0.15, -0.1) is 13.2 Å². The molecule has 0 aromatic heterocycles. The van der Waals surface area contributed by atoms with Crippen LogP contribution >= 0.6 is 0 Å². The molecule has 0 saturated heterocycles. The molecule has 0 heterocycles. The molecule has 0 spiro atoms. The molecule has 26 heavy (non-hydrogen) atoms. The molecule has 146 valence electrons. The zero-order chi connectivity index (χ0) is 20.0. The lowest BCUT2D eigenvalue weighted by Gasteiger charge is -2.21. The fourth-order valence-corrected chi connectivity index (χ4v) is 1.98. The van der Waals surface area contributed by atoms with Crippen molar-refractivity contribution in [3.8, 4) is 5.75 Å². The van der Waals surface area contributed by atoms with Gasteiger partial charge in [0, 0.05) is 32.1 Å². The quantitative estimate of drug-likeness (QED) is 0.826. The lowest BCUT2D eigenvalue weighted by Crippen LogP contribution is -2.35. The van der Waals surface area contributed by atoms with Gasteiger partial charge in [0.05, 0.1) is 0 Å². The highest BCUT2D eigenvalue weighted by molar-refractivity contribution is 5.77. The Morgan fingerprint density at radius 1 is 1.15 bits per heavy atom. The van der Waals surface area contributed by atoms with Crippen LogP contribution in [-0.2, 0) is 16.1 Å². The van der Waals surface area contributed by atoms with Crippen molar-refractivity contribution in [1.82, 2.24) is 10.2 Å². The summed E-state index contributed by atoms with van der Waals surface area (Å²) in [5.41, 5.74) is -0.423. The number of carbonyl (C=O) groups is 2. The van der Waals surface area contributed by atoms with Crippen LogP contribution in [0.1, 0.15) is 32.8 Å². The molecular weight excluding hydrogens is 353 g/mol. The number of ether oxygens (including phenoxy) is 2. The second-order valence-corrected chi connectivity index (χ2v) is 6.58. The Labute approximate surface area is 150 Å². The number of benzene rings is 1. The average Bonchev–Trinajstić information content (AvgIpc) is 2.45. The van der Waals surface area contributed by atoms with Crippen LogP contribution in [0.25, 0.3) is 0 Å². The van der Waals surface area contributed by atoms with Gasteiger partial charge in [-0.2, -0.15) is 0 Å². The van der Waals surface area contributed by atoms with Gasteiger partial charge in [-0.25, -0.2) is 4.79 Å². The minimum Gasteiger partial charge on any atom is -0.444 e. The first-order valence-electron chi connectivity index (χ1n) is 7.92. The summed E-state index contributed by atoms with van der Waals surface area (Å²) < 4.78 is 46.3.